The molecule has 0 aliphatic heterocycles. The minimum Gasteiger partial charge on any atom is -0.394 e. The molecule has 0 saturated carbocycles. The number of aliphatic hydroxyl groups excluding tert-OH is 1. The van der Waals surface area contributed by atoms with Crippen LogP contribution in [0, 0.1) is 21.0 Å². The van der Waals surface area contributed by atoms with E-state index in [1.807, 2.05) is 28.1 Å². The molecule has 11 heteroatoms. The second-order valence-electron chi connectivity index (χ2n) is 5.59. The van der Waals surface area contributed by atoms with Crippen LogP contribution in [0.1, 0.15) is 22.8 Å². The highest BCUT2D eigenvalue weighted by Gasteiger charge is 2.23. The Labute approximate surface area is 178 Å². The van der Waals surface area contributed by atoms with Gasteiger partial charge >= 0.3 is 0 Å². The van der Waals surface area contributed by atoms with Gasteiger partial charge in [-0.05, 0) is 53.8 Å². The zero-order chi connectivity index (χ0) is 21.4. The van der Waals surface area contributed by atoms with Crippen LogP contribution in [0.25, 0.3) is 0 Å². The molecule has 2 aromatic carbocycles. The zero-order valence-corrected chi connectivity index (χ0v) is 17.5. The predicted molar refractivity (Wildman–Crippen MR) is 108 cm³/mol. The molecule has 2 aromatic rings. The van der Waals surface area contributed by atoms with Gasteiger partial charge in [-0.3, -0.25) is 9.63 Å². The third-order valence-electron chi connectivity index (χ3n) is 3.58. The van der Waals surface area contributed by atoms with Crippen LogP contribution in [-0.2, 0) is 16.2 Å². The summed E-state index contributed by atoms with van der Waals surface area (Å²) in [5, 5.41) is 11.2. The van der Waals surface area contributed by atoms with E-state index < -0.39 is 29.0 Å². The Bertz CT molecular complexity index is 871. The van der Waals surface area contributed by atoms with Crippen LogP contribution >= 0.6 is 22.6 Å². The van der Waals surface area contributed by atoms with E-state index in [0.717, 1.165) is 6.07 Å². The lowest BCUT2D eigenvalue weighted by Crippen LogP contribution is -2.27. The Morgan fingerprint density at radius 1 is 1.17 bits per heavy atom. The maximum Gasteiger partial charge on any atom is 0.277 e. The fourth-order valence-electron chi connectivity index (χ4n) is 2.28. The summed E-state index contributed by atoms with van der Waals surface area (Å²) in [4.78, 5) is 22.1. The number of nitrogens with one attached hydrogen (secondary N) is 3. The fourth-order valence-corrected chi connectivity index (χ4v) is 2.74. The molecule has 29 heavy (non-hydrogen) atoms. The van der Waals surface area contributed by atoms with E-state index in [2.05, 4.69) is 10.8 Å². The van der Waals surface area contributed by atoms with Crippen molar-refractivity contribution in [3.63, 3.8) is 0 Å². The molecule has 4 N–H and O–H groups in total. The summed E-state index contributed by atoms with van der Waals surface area (Å²) < 4.78 is 44.1. The van der Waals surface area contributed by atoms with Crippen LogP contribution in [0.4, 0.5) is 24.5 Å². The standard InChI is InChI=1S/C18H19F3IN3O4/c1-2-28-23-9-10-7-12(18(27)25-29-6-5-26)17(16(21)15(10)20)24-14-4-3-11(22)8-13(14)19/h3-4,7-8,23-24,26H,2,5-6,9H2,1H3,(H,25,27). The van der Waals surface area contributed by atoms with E-state index in [4.69, 9.17) is 14.8 Å². The molecule has 7 nitrogen and oxygen atoms in total. The molecule has 0 fully saturated rings. The highest BCUT2D eigenvalue weighted by atomic mass is 127. The Morgan fingerprint density at radius 2 is 1.93 bits per heavy atom. The minimum atomic E-state index is -1.37. The molecule has 0 heterocycles. The van der Waals surface area contributed by atoms with Crippen molar-refractivity contribution >= 4 is 39.9 Å². The average Bonchev–Trinajstić information content (AvgIpc) is 2.69. The second kappa shape index (κ2) is 11.3. The van der Waals surface area contributed by atoms with Crippen molar-refractivity contribution in [1.29, 1.82) is 0 Å². The highest BCUT2D eigenvalue weighted by Crippen LogP contribution is 2.30. The van der Waals surface area contributed by atoms with E-state index in [1.54, 1.807) is 13.0 Å². The number of anilines is 2. The normalized spacial score (nSPS) is 10.8. The first kappa shape index (κ1) is 23.3. The average molecular weight is 525 g/mol. The van der Waals surface area contributed by atoms with Crippen LogP contribution < -0.4 is 16.3 Å². The zero-order valence-electron chi connectivity index (χ0n) is 15.3. The molecule has 158 valence electrons. The first-order chi connectivity index (χ1) is 13.9. The number of hydroxylamine groups is 2. The summed E-state index contributed by atoms with van der Waals surface area (Å²) in [6.45, 7) is 1.21. The first-order valence-electron chi connectivity index (χ1n) is 8.49. The van der Waals surface area contributed by atoms with Gasteiger partial charge < -0.3 is 15.3 Å². The quantitative estimate of drug-likeness (QED) is 0.217. The molecular weight excluding hydrogens is 506 g/mol. The molecule has 0 atom stereocenters. The van der Waals surface area contributed by atoms with E-state index in [-0.39, 0.29) is 43.2 Å². The van der Waals surface area contributed by atoms with Crippen LogP contribution in [0.3, 0.4) is 0 Å². The Kier molecular flexibility index (Phi) is 9.10. The molecule has 0 radical (unpaired) electrons. The molecule has 0 spiro atoms. The Hall–Kier alpha value is -1.93. The molecular formula is C18H19F3IN3O4. The topological polar surface area (TPSA) is 91.9 Å². The van der Waals surface area contributed by atoms with Crippen molar-refractivity contribution in [3.8, 4) is 0 Å². The number of carbonyl (C=O) groups excluding carboxylic acids is 1. The number of benzene rings is 2. The summed E-state index contributed by atoms with van der Waals surface area (Å²) in [5.74, 6) is -4.21. The van der Waals surface area contributed by atoms with Gasteiger partial charge in [0, 0.05) is 15.7 Å². The second-order valence-corrected chi connectivity index (χ2v) is 6.84. The number of aliphatic hydroxyl groups is 1. The lowest BCUT2D eigenvalue weighted by Gasteiger charge is -2.17. The minimum absolute atomic E-state index is 0.144. The van der Waals surface area contributed by atoms with Crippen molar-refractivity contribution in [2.45, 2.75) is 13.5 Å². The van der Waals surface area contributed by atoms with Crippen LogP contribution in [0.15, 0.2) is 24.3 Å². The molecule has 1 amide bonds. The van der Waals surface area contributed by atoms with Crippen LogP contribution in [-0.4, -0.2) is 30.8 Å². The molecule has 0 unspecified atom stereocenters. The van der Waals surface area contributed by atoms with Crippen molar-refractivity contribution in [1.82, 2.24) is 11.0 Å². The predicted octanol–water partition coefficient (Wildman–Crippen LogP) is 3.15. The smallest absolute Gasteiger partial charge is 0.277 e. The monoisotopic (exact) mass is 525 g/mol. The molecule has 0 bridgehead atoms. The number of halogens is 4. The molecule has 0 aliphatic rings. The van der Waals surface area contributed by atoms with Gasteiger partial charge in [0.05, 0.1) is 36.8 Å². The number of rotatable bonds is 10. The summed E-state index contributed by atoms with van der Waals surface area (Å²) in [5.41, 5.74) is 3.24. The van der Waals surface area contributed by atoms with Crippen LogP contribution in [0.5, 0.6) is 0 Å². The van der Waals surface area contributed by atoms with E-state index in [9.17, 15) is 18.0 Å². The van der Waals surface area contributed by atoms with Crippen molar-refractivity contribution < 1.29 is 32.7 Å². The largest absolute Gasteiger partial charge is 0.394 e. The SMILES string of the molecule is CCONCc1cc(C(=O)NOCCO)c(Nc2ccc(I)cc2F)c(F)c1F. The van der Waals surface area contributed by atoms with Gasteiger partial charge in [-0.1, -0.05) is 0 Å². The van der Waals surface area contributed by atoms with Gasteiger partial charge in [-0.25, -0.2) is 18.7 Å². The van der Waals surface area contributed by atoms with E-state index in [0.29, 0.717) is 3.57 Å². The summed E-state index contributed by atoms with van der Waals surface area (Å²) in [7, 11) is 0. The van der Waals surface area contributed by atoms with Gasteiger partial charge in [-0.2, -0.15) is 5.48 Å². The highest BCUT2D eigenvalue weighted by molar-refractivity contribution is 14.1. The maximum absolute atomic E-state index is 14.8. The Morgan fingerprint density at radius 3 is 2.59 bits per heavy atom. The van der Waals surface area contributed by atoms with Crippen molar-refractivity contribution in [2.75, 3.05) is 25.1 Å². The van der Waals surface area contributed by atoms with Gasteiger partial charge in [0.25, 0.3) is 5.91 Å². The number of hydrogen-bond acceptors (Lipinski definition) is 6. The maximum atomic E-state index is 14.8. The Balaban J connectivity index is 2.45. The first-order valence-corrected chi connectivity index (χ1v) is 9.57. The third kappa shape index (κ3) is 6.27. The summed E-state index contributed by atoms with van der Waals surface area (Å²) in [6, 6.07) is 5.18. The molecule has 2 rings (SSSR count). The van der Waals surface area contributed by atoms with Gasteiger partial charge in [0.1, 0.15) is 5.82 Å². The summed E-state index contributed by atoms with van der Waals surface area (Å²) >= 11 is 1.90. The summed E-state index contributed by atoms with van der Waals surface area (Å²) in [6.07, 6.45) is 0. The molecule has 0 saturated heterocycles. The number of amides is 1. The number of hydrogen-bond donors (Lipinski definition) is 4. The van der Waals surface area contributed by atoms with Crippen molar-refractivity contribution in [3.05, 3.63) is 56.4 Å². The van der Waals surface area contributed by atoms with Gasteiger partial charge in [-0.15, -0.1) is 0 Å². The van der Waals surface area contributed by atoms with E-state index >= 15 is 0 Å². The molecule has 0 aliphatic carbocycles. The van der Waals surface area contributed by atoms with Gasteiger partial charge in [0.2, 0.25) is 0 Å². The molecule has 0 aromatic heterocycles. The lowest BCUT2D eigenvalue weighted by molar-refractivity contribution is 0.0168. The fraction of sp³-hybridized carbons (Fsp3) is 0.278. The third-order valence-corrected chi connectivity index (χ3v) is 4.26. The lowest BCUT2D eigenvalue weighted by atomic mass is 10.1. The van der Waals surface area contributed by atoms with Crippen molar-refractivity contribution in [2.24, 2.45) is 0 Å². The van der Waals surface area contributed by atoms with E-state index in [1.165, 1.54) is 12.1 Å². The van der Waals surface area contributed by atoms with Gasteiger partial charge in [0.15, 0.2) is 11.6 Å². The number of carbonyl (C=O) groups is 1. The van der Waals surface area contributed by atoms with Crippen LogP contribution in [0.2, 0.25) is 0 Å².